The van der Waals surface area contributed by atoms with E-state index in [2.05, 4.69) is 27.5 Å². The summed E-state index contributed by atoms with van der Waals surface area (Å²) in [5.74, 6) is 0.401. The fourth-order valence-electron chi connectivity index (χ4n) is 3.71. The van der Waals surface area contributed by atoms with Crippen molar-refractivity contribution >= 4 is 39.7 Å². The van der Waals surface area contributed by atoms with Crippen molar-refractivity contribution in [2.75, 3.05) is 11.9 Å². The number of anilines is 1. The number of fused-ring (bicyclic) bond motifs is 4. The first kappa shape index (κ1) is 16.6. The quantitative estimate of drug-likeness (QED) is 0.504. The molecule has 0 radical (unpaired) electrons. The van der Waals surface area contributed by atoms with Crippen LogP contribution in [0.25, 0.3) is 21.9 Å². The lowest BCUT2D eigenvalue weighted by Gasteiger charge is -2.11. The van der Waals surface area contributed by atoms with Crippen LogP contribution in [0.5, 0.6) is 0 Å². The Labute approximate surface area is 160 Å². The Balaban J connectivity index is 1.50. The largest absolute Gasteiger partial charge is 0.350 e. The fraction of sp³-hybridized carbons (Fsp3) is 0.190. The molecular formula is C21H19N5O2. The second-order valence-electron chi connectivity index (χ2n) is 7.29. The number of carbonyl (C=O) groups excluding carboxylic acids is 2. The maximum atomic E-state index is 12.8. The van der Waals surface area contributed by atoms with Gasteiger partial charge in [0.05, 0.1) is 11.0 Å². The first-order chi connectivity index (χ1) is 13.6. The number of para-hydroxylation sites is 2. The number of aromatic amines is 1. The van der Waals surface area contributed by atoms with E-state index in [-0.39, 0.29) is 11.8 Å². The highest BCUT2D eigenvalue weighted by molar-refractivity contribution is 6.07. The van der Waals surface area contributed by atoms with Gasteiger partial charge in [-0.1, -0.05) is 25.1 Å². The van der Waals surface area contributed by atoms with Crippen LogP contribution in [0, 0.1) is 5.92 Å². The van der Waals surface area contributed by atoms with Gasteiger partial charge in [-0.2, -0.15) is 0 Å². The van der Waals surface area contributed by atoms with Crippen LogP contribution in [0.2, 0.25) is 0 Å². The molecule has 1 aliphatic heterocycles. The van der Waals surface area contributed by atoms with Crippen LogP contribution in [0.15, 0.2) is 48.5 Å². The molecule has 3 N–H and O–H groups in total. The zero-order valence-corrected chi connectivity index (χ0v) is 15.3. The van der Waals surface area contributed by atoms with Crippen LogP contribution in [-0.4, -0.2) is 32.9 Å². The average Bonchev–Trinajstić information content (AvgIpc) is 3.22. The molecule has 0 saturated carbocycles. The monoisotopic (exact) mass is 373 g/mol. The highest BCUT2D eigenvalue weighted by Crippen LogP contribution is 2.25. The van der Waals surface area contributed by atoms with Crippen LogP contribution >= 0.6 is 0 Å². The molecule has 0 aliphatic carbocycles. The number of amides is 2. The van der Waals surface area contributed by atoms with Crippen molar-refractivity contribution in [3.8, 4) is 0 Å². The van der Waals surface area contributed by atoms with Crippen molar-refractivity contribution in [1.29, 1.82) is 0 Å². The van der Waals surface area contributed by atoms with Crippen LogP contribution in [0.1, 0.15) is 27.8 Å². The third-order valence-corrected chi connectivity index (χ3v) is 5.13. The summed E-state index contributed by atoms with van der Waals surface area (Å²) in [5, 5.41) is 6.71. The second kappa shape index (κ2) is 6.23. The average molecular weight is 373 g/mol. The molecule has 4 aromatic rings. The van der Waals surface area contributed by atoms with Crippen LogP contribution < -0.4 is 10.6 Å². The number of imidazole rings is 1. The van der Waals surface area contributed by atoms with E-state index in [1.165, 1.54) is 0 Å². The Morgan fingerprint density at radius 2 is 2.07 bits per heavy atom. The van der Waals surface area contributed by atoms with Gasteiger partial charge in [0, 0.05) is 29.6 Å². The lowest BCUT2D eigenvalue weighted by Crippen LogP contribution is -2.25. The summed E-state index contributed by atoms with van der Waals surface area (Å²) in [4.78, 5) is 32.6. The van der Waals surface area contributed by atoms with Gasteiger partial charge < -0.3 is 14.9 Å². The lowest BCUT2D eigenvalue weighted by atomic mass is 10.1. The summed E-state index contributed by atoms with van der Waals surface area (Å²) in [7, 11) is 0. The number of nitrogens with zero attached hydrogens (tertiary/aromatic N) is 2. The number of rotatable bonds is 2. The number of nitrogens with one attached hydrogen (secondary N) is 3. The molecule has 1 unspecified atom stereocenters. The molecule has 1 aliphatic rings. The van der Waals surface area contributed by atoms with E-state index in [9.17, 15) is 9.59 Å². The molecule has 0 fully saturated rings. The van der Waals surface area contributed by atoms with Gasteiger partial charge in [-0.15, -0.1) is 0 Å². The predicted octanol–water partition coefficient (Wildman–Crippen LogP) is 3.15. The van der Waals surface area contributed by atoms with Gasteiger partial charge in [-0.05, 0) is 36.2 Å². The predicted molar refractivity (Wildman–Crippen MR) is 107 cm³/mol. The lowest BCUT2D eigenvalue weighted by molar-refractivity contribution is 0.0948. The van der Waals surface area contributed by atoms with Crippen molar-refractivity contribution in [2.45, 2.75) is 13.5 Å². The van der Waals surface area contributed by atoms with Gasteiger partial charge >= 0.3 is 0 Å². The highest BCUT2D eigenvalue weighted by Gasteiger charge is 2.22. The summed E-state index contributed by atoms with van der Waals surface area (Å²) in [6, 6.07) is 15.0. The molecule has 2 aromatic carbocycles. The molecule has 0 bridgehead atoms. The zero-order valence-electron chi connectivity index (χ0n) is 15.3. The van der Waals surface area contributed by atoms with Gasteiger partial charge in [0.15, 0.2) is 0 Å². The van der Waals surface area contributed by atoms with Crippen LogP contribution in [-0.2, 0) is 6.54 Å². The normalized spacial score (nSPS) is 16.6. The Bertz CT molecular complexity index is 1200. The van der Waals surface area contributed by atoms with E-state index in [4.69, 9.17) is 0 Å². The third-order valence-electron chi connectivity index (χ3n) is 5.13. The Morgan fingerprint density at radius 1 is 1.21 bits per heavy atom. The minimum atomic E-state index is -0.248. The summed E-state index contributed by atoms with van der Waals surface area (Å²) in [6.45, 7) is 3.47. The first-order valence-corrected chi connectivity index (χ1v) is 9.26. The molecule has 3 heterocycles. The third kappa shape index (κ3) is 2.72. The first-order valence-electron chi connectivity index (χ1n) is 9.26. The summed E-state index contributed by atoms with van der Waals surface area (Å²) >= 11 is 0. The van der Waals surface area contributed by atoms with E-state index in [0.717, 1.165) is 28.5 Å². The van der Waals surface area contributed by atoms with Gasteiger partial charge in [0.1, 0.15) is 5.69 Å². The highest BCUT2D eigenvalue weighted by atomic mass is 16.2. The number of benzene rings is 2. The van der Waals surface area contributed by atoms with E-state index in [0.29, 0.717) is 29.7 Å². The second-order valence-corrected chi connectivity index (χ2v) is 7.29. The molecule has 0 spiro atoms. The minimum absolute atomic E-state index is 0.0752. The van der Waals surface area contributed by atoms with Crippen LogP contribution in [0.3, 0.4) is 0 Å². The molecule has 7 heteroatoms. The molecule has 2 amide bonds. The van der Waals surface area contributed by atoms with E-state index < -0.39 is 0 Å². The molecule has 2 aromatic heterocycles. The molecule has 5 rings (SSSR count). The summed E-state index contributed by atoms with van der Waals surface area (Å²) in [5.41, 5.74) is 3.70. The van der Waals surface area contributed by atoms with Gasteiger partial charge in [0.2, 0.25) is 5.95 Å². The summed E-state index contributed by atoms with van der Waals surface area (Å²) < 4.78 is 2.00. The number of hydrogen-bond acceptors (Lipinski definition) is 3. The van der Waals surface area contributed by atoms with Gasteiger partial charge in [-0.25, -0.2) is 4.98 Å². The summed E-state index contributed by atoms with van der Waals surface area (Å²) in [6.07, 6.45) is 0. The zero-order chi connectivity index (χ0) is 19.3. The van der Waals surface area contributed by atoms with Gasteiger partial charge in [0.25, 0.3) is 11.8 Å². The van der Waals surface area contributed by atoms with E-state index >= 15 is 0 Å². The number of H-pyrrole nitrogens is 1. The molecule has 7 nitrogen and oxygen atoms in total. The molecule has 28 heavy (non-hydrogen) atoms. The van der Waals surface area contributed by atoms with Crippen molar-refractivity contribution in [2.24, 2.45) is 5.92 Å². The van der Waals surface area contributed by atoms with Crippen molar-refractivity contribution in [3.05, 3.63) is 59.8 Å². The van der Waals surface area contributed by atoms with Crippen molar-refractivity contribution in [1.82, 2.24) is 19.9 Å². The topological polar surface area (TPSA) is 91.8 Å². The van der Waals surface area contributed by atoms with Crippen LogP contribution in [0.4, 0.5) is 5.95 Å². The minimum Gasteiger partial charge on any atom is -0.350 e. The molecule has 140 valence electrons. The molecule has 0 saturated heterocycles. The fourth-order valence-corrected chi connectivity index (χ4v) is 3.71. The molecule has 1 atom stereocenters. The molecular weight excluding hydrogens is 354 g/mol. The Morgan fingerprint density at radius 3 is 2.93 bits per heavy atom. The Hall–Kier alpha value is -3.61. The smallest absolute Gasteiger partial charge is 0.267 e. The maximum Gasteiger partial charge on any atom is 0.267 e. The number of carbonyl (C=O) groups is 2. The van der Waals surface area contributed by atoms with Crippen molar-refractivity contribution in [3.63, 3.8) is 0 Å². The number of aromatic nitrogens is 3. The number of hydrogen-bond donors (Lipinski definition) is 3. The standard InChI is InChI=1S/C21H19N5O2/c1-12-10-22-20(28)18-8-13-6-7-14(9-17(13)26(18)11-12)19(27)25-21-23-15-4-2-3-5-16(15)24-21/h2-9,12H,10-11H2,1H3,(H,22,28)(H2,23,24,25,27). The van der Waals surface area contributed by atoms with Crippen molar-refractivity contribution < 1.29 is 9.59 Å². The SMILES string of the molecule is CC1CNC(=O)c2cc3ccc(C(=O)Nc4nc5ccccc5[nH]4)cc3n2C1. The van der Waals surface area contributed by atoms with E-state index in [1.807, 2.05) is 47.0 Å². The van der Waals surface area contributed by atoms with E-state index in [1.54, 1.807) is 6.07 Å². The Kier molecular flexibility index (Phi) is 3.68. The van der Waals surface area contributed by atoms with Gasteiger partial charge in [-0.3, -0.25) is 14.9 Å². The maximum absolute atomic E-state index is 12.8.